The highest BCUT2D eigenvalue weighted by atomic mass is 16.6. The van der Waals surface area contributed by atoms with Crippen LogP contribution in [0.15, 0.2) is 24.3 Å². The van der Waals surface area contributed by atoms with Gasteiger partial charge in [-0.25, -0.2) is 14.4 Å². The molecule has 0 aromatic heterocycles. The first kappa shape index (κ1) is 20.2. The van der Waals surface area contributed by atoms with Crippen molar-refractivity contribution in [3.63, 3.8) is 0 Å². The maximum atomic E-state index is 12.4. The molecule has 1 aromatic rings. The summed E-state index contributed by atoms with van der Waals surface area (Å²) in [6.45, 7) is 12.3. The fourth-order valence-corrected chi connectivity index (χ4v) is 2.78. The first-order valence-corrected chi connectivity index (χ1v) is 8.50. The fraction of sp³-hybridized carbons (Fsp3) is 0.474. The minimum absolute atomic E-state index is 0.139. The number of nitrogens with one attached hydrogen (secondary N) is 1. The Kier molecular flexibility index (Phi) is 6.05. The van der Waals surface area contributed by atoms with Crippen molar-refractivity contribution < 1.29 is 23.9 Å². The van der Waals surface area contributed by atoms with E-state index in [4.69, 9.17) is 16.0 Å². The van der Waals surface area contributed by atoms with Crippen LogP contribution in [0.3, 0.4) is 0 Å². The van der Waals surface area contributed by atoms with Gasteiger partial charge in [-0.1, -0.05) is 24.3 Å². The second-order valence-electron chi connectivity index (χ2n) is 7.24. The second kappa shape index (κ2) is 8.08. The molecule has 1 aliphatic rings. The third-order valence-electron chi connectivity index (χ3n) is 4.00. The van der Waals surface area contributed by atoms with Crippen molar-refractivity contribution in [3.05, 3.63) is 41.2 Å². The number of nitrogens with zero attached hydrogens (tertiary/aromatic N) is 2. The van der Waals surface area contributed by atoms with Crippen molar-refractivity contribution in [2.75, 3.05) is 13.7 Å². The number of benzene rings is 1. The molecule has 0 aliphatic carbocycles. The van der Waals surface area contributed by atoms with Gasteiger partial charge in [0.05, 0.1) is 13.7 Å². The van der Waals surface area contributed by atoms with Gasteiger partial charge in [0.25, 0.3) is 5.91 Å². The zero-order valence-electron chi connectivity index (χ0n) is 15.8. The molecule has 0 saturated carbocycles. The Labute approximate surface area is 158 Å². The maximum absolute atomic E-state index is 12.4. The summed E-state index contributed by atoms with van der Waals surface area (Å²) in [5.74, 6) is -0.898. The summed E-state index contributed by atoms with van der Waals surface area (Å²) >= 11 is 0. The highest BCUT2D eigenvalue weighted by Gasteiger charge is 2.42. The molecule has 0 spiro atoms. The lowest BCUT2D eigenvalue weighted by atomic mass is 10.1. The average molecular weight is 373 g/mol. The monoisotopic (exact) mass is 373 g/mol. The van der Waals surface area contributed by atoms with Crippen LogP contribution >= 0.6 is 0 Å². The van der Waals surface area contributed by atoms with E-state index >= 15 is 0 Å². The summed E-state index contributed by atoms with van der Waals surface area (Å²) < 4.78 is 10.1. The van der Waals surface area contributed by atoms with Crippen molar-refractivity contribution in [2.24, 2.45) is 0 Å². The number of carbonyl (C=O) groups is 3. The standard InChI is InChI=1S/C19H23N3O5/c1-19(2,3)27-18(25)22-11-14(10-15(22)17(24)26-5)21-16(23)12-6-8-13(20-4)9-7-12/h6-9,14-15H,10-11H2,1-3,5H3,(H,21,23)/t14-,15-/m0/s1. The van der Waals surface area contributed by atoms with Crippen LogP contribution in [0.2, 0.25) is 0 Å². The quantitative estimate of drug-likeness (QED) is 0.650. The molecule has 2 amide bonds. The van der Waals surface area contributed by atoms with Gasteiger partial charge in [-0.3, -0.25) is 9.69 Å². The Bertz CT molecular complexity index is 761. The number of esters is 1. The average Bonchev–Trinajstić information content (AvgIpc) is 3.03. The molecule has 144 valence electrons. The van der Waals surface area contributed by atoms with E-state index in [-0.39, 0.29) is 18.9 Å². The molecule has 1 fully saturated rings. The van der Waals surface area contributed by atoms with Gasteiger partial charge in [-0.05, 0) is 20.8 Å². The van der Waals surface area contributed by atoms with Crippen molar-refractivity contribution in [1.29, 1.82) is 0 Å². The predicted octanol–water partition coefficient (Wildman–Crippen LogP) is 2.52. The largest absolute Gasteiger partial charge is 0.467 e. The Morgan fingerprint density at radius 3 is 2.37 bits per heavy atom. The molecule has 1 N–H and O–H groups in total. The molecule has 2 rings (SSSR count). The van der Waals surface area contributed by atoms with Crippen LogP contribution in [0, 0.1) is 6.57 Å². The summed E-state index contributed by atoms with van der Waals surface area (Å²) in [6, 6.07) is 4.98. The third kappa shape index (κ3) is 5.20. The van der Waals surface area contributed by atoms with Gasteiger partial charge >= 0.3 is 12.1 Å². The first-order valence-electron chi connectivity index (χ1n) is 8.50. The van der Waals surface area contributed by atoms with Crippen LogP contribution in [-0.2, 0) is 14.3 Å². The van der Waals surface area contributed by atoms with E-state index in [9.17, 15) is 14.4 Å². The van der Waals surface area contributed by atoms with Crippen molar-refractivity contribution in [3.8, 4) is 0 Å². The van der Waals surface area contributed by atoms with Gasteiger partial charge in [-0.2, -0.15) is 0 Å². The lowest BCUT2D eigenvalue weighted by Gasteiger charge is -2.27. The van der Waals surface area contributed by atoms with Crippen LogP contribution in [-0.4, -0.2) is 54.2 Å². The SMILES string of the molecule is [C-]#[N+]c1ccc(C(=O)N[C@H]2C[C@@H](C(=O)OC)N(C(=O)OC(C)(C)C)C2)cc1. The molecule has 27 heavy (non-hydrogen) atoms. The molecule has 0 bridgehead atoms. The summed E-state index contributed by atoms with van der Waals surface area (Å²) in [5, 5.41) is 2.82. The number of amides is 2. The highest BCUT2D eigenvalue weighted by Crippen LogP contribution is 2.23. The van der Waals surface area contributed by atoms with Crippen LogP contribution in [0.25, 0.3) is 4.85 Å². The minimum atomic E-state index is -0.820. The second-order valence-corrected chi connectivity index (χ2v) is 7.24. The molecule has 0 unspecified atom stereocenters. The van der Waals surface area contributed by atoms with Crippen molar-refractivity contribution >= 4 is 23.7 Å². The number of ether oxygens (including phenoxy) is 2. The Morgan fingerprint density at radius 1 is 1.22 bits per heavy atom. The minimum Gasteiger partial charge on any atom is -0.467 e. The Morgan fingerprint density at radius 2 is 1.85 bits per heavy atom. The lowest BCUT2D eigenvalue weighted by Crippen LogP contribution is -2.44. The molecule has 1 aliphatic heterocycles. The van der Waals surface area contributed by atoms with Gasteiger partial charge in [-0.15, -0.1) is 0 Å². The number of hydrogen-bond acceptors (Lipinski definition) is 5. The molecule has 0 radical (unpaired) electrons. The van der Waals surface area contributed by atoms with Crippen molar-refractivity contribution in [2.45, 2.75) is 44.9 Å². The molecule has 8 heteroatoms. The number of likely N-dealkylation sites (tertiary alicyclic amines) is 1. The van der Waals surface area contributed by atoms with Gasteiger partial charge in [0, 0.05) is 24.6 Å². The third-order valence-corrected chi connectivity index (χ3v) is 4.00. The smallest absolute Gasteiger partial charge is 0.411 e. The van der Waals surface area contributed by atoms with Crippen LogP contribution in [0.4, 0.5) is 10.5 Å². The van der Waals surface area contributed by atoms with Gasteiger partial charge in [0.1, 0.15) is 11.6 Å². The molecule has 8 nitrogen and oxygen atoms in total. The van der Waals surface area contributed by atoms with E-state index in [1.54, 1.807) is 45.0 Å². The predicted molar refractivity (Wildman–Crippen MR) is 97.3 cm³/mol. The summed E-state index contributed by atoms with van der Waals surface area (Å²) in [7, 11) is 1.25. The maximum Gasteiger partial charge on any atom is 0.411 e. The van der Waals surface area contributed by atoms with E-state index < -0.39 is 29.7 Å². The molecule has 1 heterocycles. The molecule has 2 atom stereocenters. The van der Waals surface area contributed by atoms with E-state index in [1.807, 2.05) is 0 Å². The van der Waals surface area contributed by atoms with E-state index in [0.717, 1.165) is 0 Å². The molecule has 1 aromatic carbocycles. The number of rotatable bonds is 3. The first-order chi connectivity index (χ1) is 12.6. The molecule has 1 saturated heterocycles. The van der Waals surface area contributed by atoms with E-state index in [2.05, 4.69) is 10.2 Å². The van der Waals surface area contributed by atoms with E-state index in [0.29, 0.717) is 11.3 Å². The van der Waals surface area contributed by atoms with E-state index in [1.165, 1.54) is 12.0 Å². The zero-order valence-corrected chi connectivity index (χ0v) is 15.8. The van der Waals surface area contributed by atoms with Crippen LogP contribution < -0.4 is 5.32 Å². The Hall–Kier alpha value is -3.08. The number of carbonyl (C=O) groups excluding carboxylic acids is 3. The number of methoxy groups -OCH3 is 1. The van der Waals surface area contributed by atoms with Gasteiger partial charge < -0.3 is 14.8 Å². The molecular weight excluding hydrogens is 350 g/mol. The topological polar surface area (TPSA) is 89.3 Å². The summed E-state index contributed by atoms with van der Waals surface area (Å²) in [4.78, 5) is 41.4. The fourth-order valence-electron chi connectivity index (χ4n) is 2.78. The van der Waals surface area contributed by atoms with Crippen LogP contribution in [0.5, 0.6) is 0 Å². The zero-order chi connectivity index (χ0) is 20.2. The van der Waals surface area contributed by atoms with Gasteiger partial charge in [0.15, 0.2) is 5.69 Å². The normalized spacial score (nSPS) is 19.1. The van der Waals surface area contributed by atoms with Crippen LogP contribution in [0.1, 0.15) is 37.6 Å². The highest BCUT2D eigenvalue weighted by molar-refractivity contribution is 5.95. The summed E-state index contributed by atoms with van der Waals surface area (Å²) in [5.41, 5.74) is 0.131. The van der Waals surface area contributed by atoms with Gasteiger partial charge in [0.2, 0.25) is 0 Å². The number of hydrogen-bond donors (Lipinski definition) is 1. The summed E-state index contributed by atoms with van der Waals surface area (Å²) in [6.07, 6.45) is -0.395. The lowest BCUT2D eigenvalue weighted by molar-refractivity contribution is -0.145. The van der Waals surface area contributed by atoms with Crippen molar-refractivity contribution in [1.82, 2.24) is 10.2 Å². The Balaban J connectivity index is 2.09. The molecular formula is C19H23N3O5.